The first-order valence-corrected chi connectivity index (χ1v) is 11.1. The molecule has 0 atom stereocenters. The molecule has 1 amide bonds. The predicted octanol–water partition coefficient (Wildman–Crippen LogP) is 2.30. The molecule has 0 unspecified atom stereocenters. The van der Waals surface area contributed by atoms with Crippen molar-refractivity contribution >= 4 is 15.9 Å². The van der Waals surface area contributed by atoms with Crippen LogP contribution in [0.3, 0.4) is 0 Å². The van der Waals surface area contributed by atoms with E-state index in [9.17, 15) is 13.2 Å². The van der Waals surface area contributed by atoms with Gasteiger partial charge in [-0.2, -0.15) is 0 Å². The summed E-state index contributed by atoms with van der Waals surface area (Å²) in [6.45, 7) is 3.02. The number of carbonyl (C=O) groups is 1. The Balaban J connectivity index is 1.76. The summed E-state index contributed by atoms with van der Waals surface area (Å²) in [5.41, 5.74) is 0. The van der Waals surface area contributed by atoms with Crippen molar-refractivity contribution in [2.45, 2.75) is 18.2 Å². The third kappa shape index (κ3) is 6.93. The molecule has 8 nitrogen and oxygen atoms in total. The highest BCUT2D eigenvalue weighted by Crippen LogP contribution is 2.25. The van der Waals surface area contributed by atoms with E-state index < -0.39 is 10.0 Å². The largest absolute Gasteiger partial charge is 0.494 e. The molecule has 0 bridgehead atoms. The van der Waals surface area contributed by atoms with Gasteiger partial charge in [-0.3, -0.25) is 4.79 Å². The van der Waals surface area contributed by atoms with E-state index in [1.165, 1.54) is 17.0 Å². The lowest BCUT2D eigenvalue weighted by Crippen LogP contribution is -2.34. The van der Waals surface area contributed by atoms with Crippen molar-refractivity contribution in [1.29, 1.82) is 0 Å². The summed E-state index contributed by atoms with van der Waals surface area (Å²) in [6, 6.07) is 13.4. The number of likely N-dealkylation sites (N-methyl/N-ethyl adjacent to an activating group) is 1. The average molecular weight is 437 g/mol. The van der Waals surface area contributed by atoms with Crippen LogP contribution in [-0.2, 0) is 14.8 Å². The summed E-state index contributed by atoms with van der Waals surface area (Å²) in [7, 11) is -0.479. The lowest BCUT2D eigenvalue weighted by molar-refractivity contribution is -0.130. The normalized spacial score (nSPS) is 11.0. The minimum absolute atomic E-state index is 0.00604. The van der Waals surface area contributed by atoms with Crippen LogP contribution in [0.25, 0.3) is 0 Å². The van der Waals surface area contributed by atoms with Gasteiger partial charge in [0, 0.05) is 20.0 Å². The number of hydrogen-bond donors (Lipinski definition) is 1. The maximum atomic E-state index is 12.3. The van der Waals surface area contributed by atoms with E-state index >= 15 is 0 Å². The Bertz CT molecular complexity index is 915. The minimum atomic E-state index is -3.69. The molecule has 0 heterocycles. The van der Waals surface area contributed by atoms with Crippen LogP contribution < -0.4 is 18.9 Å². The number of rotatable bonds is 12. The fourth-order valence-electron chi connectivity index (χ4n) is 2.60. The van der Waals surface area contributed by atoms with Gasteiger partial charge in [0.05, 0.1) is 25.2 Å². The molecule has 0 saturated heterocycles. The van der Waals surface area contributed by atoms with Crippen molar-refractivity contribution in [2.24, 2.45) is 0 Å². The van der Waals surface area contributed by atoms with Gasteiger partial charge in [0.1, 0.15) is 12.4 Å². The number of amides is 1. The SMILES string of the molecule is CCOc1ccc(S(=O)(=O)NCCC(=O)N(C)CCOc2ccccc2OC)cc1. The second-order valence-electron chi connectivity index (χ2n) is 6.37. The number of ether oxygens (including phenoxy) is 3. The van der Waals surface area contributed by atoms with Gasteiger partial charge in [0.25, 0.3) is 0 Å². The maximum Gasteiger partial charge on any atom is 0.240 e. The van der Waals surface area contributed by atoms with Gasteiger partial charge >= 0.3 is 0 Å². The van der Waals surface area contributed by atoms with Crippen LogP contribution in [0.1, 0.15) is 13.3 Å². The Hall–Kier alpha value is -2.78. The first-order valence-electron chi connectivity index (χ1n) is 9.59. The van der Waals surface area contributed by atoms with Crippen LogP contribution in [0, 0.1) is 0 Å². The average Bonchev–Trinajstić information content (AvgIpc) is 2.74. The van der Waals surface area contributed by atoms with E-state index in [2.05, 4.69) is 4.72 Å². The van der Waals surface area contributed by atoms with Crippen LogP contribution >= 0.6 is 0 Å². The predicted molar refractivity (Wildman–Crippen MR) is 114 cm³/mol. The molecule has 0 fully saturated rings. The number of para-hydroxylation sites is 2. The third-order valence-electron chi connectivity index (χ3n) is 4.26. The van der Waals surface area contributed by atoms with E-state index in [4.69, 9.17) is 14.2 Å². The maximum absolute atomic E-state index is 12.3. The van der Waals surface area contributed by atoms with Crippen LogP contribution in [0.15, 0.2) is 53.4 Å². The summed E-state index contributed by atoms with van der Waals surface area (Å²) >= 11 is 0. The van der Waals surface area contributed by atoms with Crippen molar-refractivity contribution in [1.82, 2.24) is 9.62 Å². The molecule has 2 aromatic rings. The second-order valence-corrected chi connectivity index (χ2v) is 8.13. The Morgan fingerprint density at radius 1 is 1.03 bits per heavy atom. The van der Waals surface area contributed by atoms with Crippen LogP contribution in [-0.4, -0.2) is 59.7 Å². The van der Waals surface area contributed by atoms with E-state index in [1.54, 1.807) is 38.4 Å². The topological polar surface area (TPSA) is 94.2 Å². The van der Waals surface area contributed by atoms with Crippen LogP contribution in [0.2, 0.25) is 0 Å². The number of hydrogen-bond acceptors (Lipinski definition) is 6. The van der Waals surface area contributed by atoms with E-state index in [0.717, 1.165) is 0 Å². The summed E-state index contributed by atoms with van der Waals surface area (Å²) in [6.07, 6.45) is 0.0431. The number of nitrogens with one attached hydrogen (secondary N) is 1. The van der Waals surface area contributed by atoms with Gasteiger partial charge < -0.3 is 19.1 Å². The number of carbonyl (C=O) groups excluding carboxylic acids is 1. The zero-order valence-electron chi connectivity index (χ0n) is 17.5. The van der Waals surface area contributed by atoms with E-state index in [-0.39, 0.29) is 23.8 Å². The van der Waals surface area contributed by atoms with Gasteiger partial charge in [-0.25, -0.2) is 13.1 Å². The Kier molecular flexibility index (Phi) is 8.94. The Morgan fingerprint density at radius 3 is 2.33 bits per heavy atom. The summed E-state index contributed by atoms with van der Waals surface area (Å²) in [4.78, 5) is 13.9. The zero-order chi connectivity index (χ0) is 22.0. The molecule has 0 radical (unpaired) electrons. The van der Waals surface area contributed by atoms with Crippen molar-refractivity contribution < 1.29 is 27.4 Å². The number of methoxy groups -OCH3 is 1. The van der Waals surface area contributed by atoms with Crippen molar-refractivity contribution in [3.8, 4) is 17.2 Å². The smallest absolute Gasteiger partial charge is 0.240 e. The number of benzene rings is 2. The lowest BCUT2D eigenvalue weighted by Gasteiger charge is -2.18. The summed E-state index contributed by atoms with van der Waals surface area (Å²) in [5, 5.41) is 0. The molecule has 0 saturated carbocycles. The molecule has 164 valence electrons. The Morgan fingerprint density at radius 2 is 1.70 bits per heavy atom. The molecule has 0 aliphatic carbocycles. The van der Waals surface area contributed by atoms with Gasteiger partial charge in [-0.15, -0.1) is 0 Å². The van der Waals surface area contributed by atoms with Crippen molar-refractivity contribution in [2.75, 3.05) is 40.5 Å². The number of nitrogens with zero attached hydrogens (tertiary/aromatic N) is 1. The Labute approximate surface area is 177 Å². The standard InChI is InChI=1S/C21H28N2O6S/c1-4-28-17-9-11-18(12-10-17)30(25,26)22-14-13-21(24)23(2)15-16-29-20-8-6-5-7-19(20)27-3/h5-12,22H,4,13-16H2,1-3H3. The zero-order valence-corrected chi connectivity index (χ0v) is 18.3. The van der Waals surface area contributed by atoms with Crippen LogP contribution in [0.5, 0.6) is 17.2 Å². The quantitative estimate of drug-likeness (QED) is 0.549. The molecule has 0 spiro atoms. The second kappa shape index (κ2) is 11.4. The van der Waals surface area contributed by atoms with Gasteiger partial charge in [-0.1, -0.05) is 12.1 Å². The lowest BCUT2D eigenvalue weighted by atomic mass is 10.3. The highest BCUT2D eigenvalue weighted by atomic mass is 32.2. The molecule has 0 aromatic heterocycles. The van der Waals surface area contributed by atoms with E-state index in [0.29, 0.717) is 37.0 Å². The molecule has 9 heteroatoms. The molecule has 30 heavy (non-hydrogen) atoms. The fraction of sp³-hybridized carbons (Fsp3) is 0.381. The first kappa shape index (κ1) is 23.5. The molecule has 2 aromatic carbocycles. The first-order chi connectivity index (χ1) is 14.4. The minimum Gasteiger partial charge on any atom is -0.494 e. The molecule has 1 N–H and O–H groups in total. The van der Waals surface area contributed by atoms with Gasteiger partial charge in [0.15, 0.2) is 11.5 Å². The van der Waals surface area contributed by atoms with Crippen molar-refractivity contribution in [3.05, 3.63) is 48.5 Å². The van der Waals surface area contributed by atoms with Crippen LogP contribution in [0.4, 0.5) is 0 Å². The molecular formula is C21H28N2O6S. The molecule has 0 aliphatic heterocycles. The number of sulfonamides is 1. The molecule has 2 rings (SSSR count). The van der Waals surface area contributed by atoms with Crippen molar-refractivity contribution in [3.63, 3.8) is 0 Å². The highest BCUT2D eigenvalue weighted by molar-refractivity contribution is 7.89. The highest BCUT2D eigenvalue weighted by Gasteiger charge is 2.16. The molecule has 0 aliphatic rings. The summed E-state index contributed by atoms with van der Waals surface area (Å²) in [5.74, 6) is 1.63. The van der Waals surface area contributed by atoms with Gasteiger partial charge in [0.2, 0.25) is 15.9 Å². The molecular weight excluding hydrogens is 408 g/mol. The summed E-state index contributed by atoms with van der Waals surface area (Å²) < 4.78 is 43.3. The fourth-order valence-corrected chi connectivity index (χ4v) is 3.64. The third-order valence-corrected chi connectivity index (χ3v) is 5.73. The van der Waals surface area contributed by atoms with E-state index in [1.807, 2.05) is 19.1 Å². The monoisotopic (exact) mass is 436 g/mol. The van der Waals surface area contributed by atoms with Gasteiger partial charge in [-0.05, 0) is 43.3 Å².